The van der Waals surface area contributed by atoms with Gasteiger partial charge in [0.2, 0.25) is 0 Å². The van der Waals surface area contributed by atoms with E-state index in [2.05, 4.69) is 71.7 Å². The number of benzene rings is 3. The molecule has 1 aliphatic carbocycles. The summed E-state index contributed by atoms with van der Waals surface area (Å²) < 4.78 is 5.72. The van der Waals surface area contributed by atoms with Crippen LogP contribution in [-0.4, -0.2) is 38.9 Å². The smallest absolute Gasteiger partial charge is 0.407 e. The number of fused-ring (bicyclic) bond motifs is 3. The molecule has 0 aromatic heterocycles. The number of carbonyl (C=O) groups excluding carboxylic acids is 1. The van der Waals surface area contributed by atoms with Crippen molar-refractivity contribution in [3.8, 4) is 23.5 Å². The van der Waals surface area contributed by atoms with Gasteiger partial charge in [-0.05, 0) is 58.9 Å². The topological polar surface area (TPSA) is 53.6 Å². The van der Waals surface area contributed by atoms with Gasteiger partial charge in [0.15, 0.2) is 0 Å². The molecule has 2 N–H and O–H groups in total. The van der Waals surface area contributed by atoms with Crippen LogP contribution in [0.3, 0.4) is 0 Å². The molecule has 0 radical (unpaired) electrons. The number of rotatable bonds is 5. The summed E-state index contributed by atoms with van der Waals surface area (Å²) in [4.78, 5) is 15.1. The lowest BCUT2D eigenvalue weighted by Gasteiger charge is -2.33. The zero-order valence-electron chi connectivity index (χ0n) is 20.4. The second kappa shape index (κ2) is 9.85. The number of nitrogens with one attached hydrogen (secondary N) is 2. The van der Waals surface area contributed by atoms with Crippen molar-refractivity contribution >= 4 is 11.8 Å². The lowest BCUT2D eigenvalue weighted by atomic mass is 9.96. The first-order chi connectivity index (χ1) is 17.1. The molecule has 5 rings (SSSR count). The molecule has 1 aliphatic heterocycles. The van der Waals surface area contributed by atoms with Gasteiger partial charge in [-0.25, -0.2) is 4.79 Å². The summed E-state index contributed by atoms with van der Waals surface area (Å²) in [5.41, 5.74) is 10.2. The Morgan fingerprint density at radius 3 is 2.31 bits per heavy atom. The third-order valence-electron chi connectivity index (χ3n) is 7.27. The van der Waals surface area contributed by atoms with Crippen molar-refractivity contribution in [2.45, 2.75) is 26.3 Å². The molecule has 0 unspecified atom stereocenters. The zero-order valence-corrected chi connectivity index (χ0v) is 20.4. The average molecular weight is 466 g/mol. The molecule has 1 amide bonds. The first kappa shape index (κ1) is 23.0. The maximum Gasteiger partial charge on any atom is 0.407 e. The Labute approximate surface area is 207 Å². The van der Waals surface area contributed by atoms with Gasteiger partial charge < -0.3 is 20.3 Å². The number of carbonyl (C=O) groups is 1. The minimum absolute atomic E-state index is 0.0432. The van der Waals surface area contributed by atoms with Crippen LogP contribution in [0.5, 0.6) is 0 Å². The van der Waals surface area contributed by atoms with Gasteiger partial charge in [0.1, 0.15) is 6.61 Å². The lowest BCUT2D eigenvalue weighted by Crippen LogP contribution is -2.44. The van der Waals surface area contributed by atoms with E-state index in [4.69, 9.17) is 11.2 Å². The summed E-state index contributed by atoms with van der Waals surface area (Å²) in [7, 11) is 0. The number of amides is 1. The molecule has 1 heterocycles. The van der Waals surface area contributed by atoms with E-state index in [-0.39, 0.29) is 5.92 Å². The van der Waals surface area contributed by atoms with Crippen molar-refractivity contribution in [2.24, 2.45) is 0 Å². The van der Waals surface area contributed by atoms with E-state index in [1.807, 2.05) is 18.2 Å². The van der Waals surface area contributed by atoms with Crippen molar-refractivity contribution < 1.29 is 9.53 Å². The number of ether oxygens (including phenoxy) is 1. The Morgan fingerprint density at radius 2 is 1.69 bits per heavy atom. The van der Waals surface area contributed by atoms with Crippen molar-refractivity contribution in [1.82, 2.24) is 10.6 Å². The highest BCUT2D eigenvalue weighted by Gasteiger charge is 2.29. The van der Waals surface area contributed by atoms with Gasteiger partial charge >= 0.3 is 6.09 Å². The van der Waals surface area contributed by atoms with Crippen LogP contribution in [0.25, 0.3) is 11.1 Å². The Morgan fingerprint density at radius 1 is 1.06 bits per heavy atom. The van der Waals surface area contributed by atoms with Gasteiger partial charge in [0.25, 0.3) is 0 Å². The molecule has 3 aromatic rings. The van der Waals surface area contributed by atoms with Gasteiger partial charge in [-0.3, -0.25) is 0 Å². The standard InChI is InChI=1S/C30H31N3O2/c1-4-22-17-23(21(3)29(20(22)2)33-15-13-31-14-16-33)18-32-30(34)35-19-28-26-11-7-5-9-24(26)25-10-6-8-12-27(25)28/h1,5-12,17,28,31H,13-16,18-19H2,2-3H3,(H,32,34). The van der Waals surface area contributed by atoms with E-state index in [1.165, 1.54) is 27.9 Å². The van der Waals surface area contributed by atoms with E-state index in [9.17, 15) is 4.79 Å². The molecule has 1 fully saturated rings. The predicted octanol–water partition coefficient (Wildman–Crippen LogP) is 4.73. The molecule has 2 aliphatic rings. The Balaban J connectivity index is 1.29. The highest BCUT2D eigenvalue weighted by atomic mass is 16.5. The largest absolute Gasteiger partial charge is 0.449 e. The van der Waals surface area contributed by atoms with Crippen LogP contribution in [0, 0.1) is 26.2 Å². The second-order valence-corrected chi connectivity index (χ2v) is 9.24. The van der Waals surface area contributed by atoms with Crippen molar-refractivity contribution in [1.29, 1.82) is 0 Å². The van der Waals surface area contributed by atoms with Crippen molar-refractivity contribution in [3.63, 3.8) is 0 Å². The number of nitrogens with zero attached hydrogens (tertiary/aromatic N) is 1. The van der Waals surface area contributed by atoms with Crippen molar-refractivity contribution in [2.75, 3.05) is 37.7 Å². The SMILES string of the molecule is C#Cc1cc(CNC(=O)OCC2c3ccccc3-c3ccccc32)c(C)c(N2CCNCC2)c1C. The maximum atomic E-state index is 12.7. The fourth-order valence-electron chi connectivity index (χ4n) is 5.46. The summed E-state index contributed by atoms with van der Waals surface area (Å²) in [5, 5.41) is 6.35. The average Bonchev–Trinajstić information content (AvgIpc) is 3.21. The third kappa shape index (κ3) is 4.38. The first-order valence-electron chi connectivity index (χ1n) is 12.2. The molecule has 5 nitrogen and oxygen atoms in total. The summed E-state index contributed by atoms with van der Waals surface area (Å²) in [6, 6.07) is 18.7. The predicted molar refractivity (Wildman–Crippen MR) is 141 cm³/mol. The number of hydrogen-bond acceptors (Lipinski definition) is 4. The molecule has 5 heteroatoms. The van der Waals surface area contributed by atoms with Crippen LogP contribution in [-0.2, 0) is 11.3 Å². The zero-order chi connectivity index (χ0) is 24.4. The molecule has 0 bridgehead atoms. The highest BCUT2D eigenvalue weighted by Crippen LogP contribution is 2.44. The Bertz CT molecular complexity index is 1260. The molecule has 3 aromatic carbocycles. The molecule has 1 saturated heterocycles. The molecule has 0 saturated carbocycles. The van der Waals surface area contributed by atoms with E-state index < -0.39 is 6.09 Å². The lowest BCUT2D eigenvalue weighted by molar-refractivity contribution is 0.142. The fourth-order valence-corrected chi connectivity index (χ4v) is 5.46. The Hall–Kier alpha value is -3.75. The van der Waals surface area contributed by atoms with Crippen LogP contribution < -0.4 is 15.5 Å². The quantitative estimate of drug-likeness (QED) is 0.535. The normalized spacial score (nSPS) is 14.7. The van der Waals surface area contributed by atoms with Gasteiger partial charge in [-0.2, -0.15) is 0 Å². The third-order valence-corrected chi connectivity index (χ3v) is 7.27. The van der Waals surface area contributed by atoms with Gasteiger partial charge in [-0.15, -0.1) is 6.42 Å². The highest BCUT2D eigenvalue weighted by molar-refractivity contribution is 5.79. The number of alkyl carbamates (subject to hydrolysis) is 1. The second-order valence-electron chi connectivity index (χ2n) is 9.24. The maximum absolute atomic E-state index is 12.7. The minimum Gasteiger partial charge on any atom is -0.449 e. The van der Waals surface area contributed by atoms with Gasteiger partial charge in [0, 0.05) is 49.9 Å². The molecular weight excluding hydrogens is 434 g/mol. The van der Waals surface area contributed by atoms with Crippen LogP contribution in [0.1, 0.15) is 39.3 Å². The van der Waals surface area contributed by atoms with Gasteiger partial charge in [-0.1, -0.05) is 54.5 Å². The van der Waals surface area contributed by atoms with Crippen molar-refractivity contribution in [3.05, 3.63) is 88.0 Å². The summed E-state index contributed by atoms with van der Waals surface area (Å²) in [5.74, 6) is 2.87. The molecule has 0 spiro atoms. The van der Waals surface area contributed by atoms with E-state index in [0.717, 1.165) is 48.4 Å². The summed E-state index contributed by atoms with van der Waals surface area (Å²) in [6.07, 6.45) is 5.41. The van der Waals surface area contributed by atoms with Crippen LogP contribution in [0.4, 0.5) is 10.5 Å². The van der Waals surface area contributed by atoms with Gasteiger partial charge in [0.05, 0.1) is 0 Å². The van der Waals surface area contributed by atoms with E-state index >= 15 is 0 Å². The fraction of sp³-hybridized carbons (Fsp3) is 0.300. The minimum atomic E-state index is -0.419. The van der Waals surface area contributed by atoms with Crippen LogP contribution in [0.15, 0.2) is 54.6 Å². The van der Waals surface area contributed by atoms with Crippen LogP contribution >= 0.6 is 0 Å². The van der Waals surface area contributed by atoms with E-state index in [0.29, 0.717) is 13.2 Å². The summed E-state index contributed by atoms with van der Waals surface area (Å²) in [6.45, 7) is 8.65. The first-order valence-corrected chi connectivity index (χ1v) is 12.2. The molecule has 0 atom stereocenters. The number of terminal acetylenes is 1. The Kier molecular flexibility index (Phi) is 6.48. The monoisotopic (exact) mass is 465 g/mol. The number of anilines is 1. The van der Waals surface area contributed by atoms with E-state index in [1.54, 1.807) is 0 Å². The number of piperazine rings is 1. The summed E-state index contributed by atoms with van der Waals surface area (Å²) >= 11 is 0. The number of hydrogen-bond donors (Lipinski definition) is 2. The molecular formula is C30H31N3O2. The molecule has 35 heavy (non-hydrogen) atoms. The molecule has 178 valence electrons. The van der Waals surface area contributed by atoms with Crippen LogP contribution in [0.2, 0.25) is 0 Å².